The topological polar surface area (TPSA) is 90.0 Å². The van der Waals surface area contributed by atoms with Crippen LogP contribution in [0.3, 0.4) is 0 Å². The number of likely N-dealkylation sites (N-methyl/N-ethyl adjacent to an activating group) is 1. The first-order chi connectivity index (χ1) is 16.5. The summed E-state index contributed by atoms with van der Waals surface area (Å²) in [6, 6.07) is 6.95. The van der Waals surface area contributed by atoms with Crippen LogP contribution in [0.2, 0.25) is 5.02 Å². The van der Waals surface area contributed by atoms with Crippen LogP contribution >= 0.6 is 11.6 Å². The Labute approximate surface area is 206 Å². The van der Waals surface area contributed by atoms with Crippen molar-refractivity contribution in [2.45, 2.75) is 50.2 Å². The summed E-state index contributed by atoms with van der Waals surface area (Å²) < 4.78 is 40.2. The summed E-state index contributed by atoms with van der Waals surface area (Å²) >= 11 is 6.03. The maximum absolute atomic E-state index is 14.1. The van der Waals surface area contributed by atoms with E-state index in [0.717, 1.165) is 5.56 Å². The highest BCUT2D eigenvalue weighted by Gasteiger charge is 2.69. The molecular weight excluding hydrogens is 487 g/mol. The van der Waals surface area contributed by atoms with Gasteiger partial charge in [-0.1, -0.05) is 23.7 Å². The number of rotatable bonds is 6. The number of ketones is 1. The average Bonchev–Trinajstić information content (AvgIpc) is 3.54. The van der Waals surface area contributed by atoms with Gasteiger partial charge in [0.05, 0.1) is 0 Å². The number of nitrogens with zero attached hydrogens (tertiary/aromatic N) is 2. The number of likely N-dealkylation sites (tertiary alicyclic amines) is 1. The summed E-state index contributed by atoms with van der Waals surface area (Å²) in [5.41, 5.74) is -2.86. The van der Waals surface area contributed by atoms with E-state index < -0.39 is 41.0 Å². The number of hydrogen-bond donors (Lipinski definition) is 2. The molecule has 1 aliphatic carbocycles. The van der Waals surface area contributed by atoms with E-state index in [-0.39, 0.29) is 57.6 Å². The summed E-state index contributed by atoms with van der Waals surface area (Å²) in [5.74, 6) is -2.19. The fourth-order valence-corrected chi connectivity index (χ4v) is 5.92. The zero-order valence-electron chi connectivity index (χ0n) is 19.4. The number of piperidine rings is 1. The van der Waals surface area contributed by atoms with Crippen molar-refractivity contribution >= 4 is 29.4 Å². The van der Waals surface area contributed by atoms with Crippen LogP contribution in [0.25, 0.3) is 0 Å². The van der Waals surface area contributed by atoms with Gasteiger partial charge in [-0.15, -0.1) is 0 Å². The summed E-state index contributed by atoms with van der Waals surface area (Å²) in [7, 11) is 0. The molecular formula is C24H29ClF3N3O4. The van der Waals surface area contributed by atoms with Gasteiger partial charge in [0.2, 0.25) is 5.91 Å². The molecule has 7 nitrogen and oxygen atoms in total. The Balaban J connectivity index is 1.58. The highest BCUT2D eigenvalue weighted by atomic mass is 35.5. The molecule has 2 N–H and O–H groups in total. The number of Topliss-reactive ketones (excluding diaryl/α,β-unsaturated/α-hetero) is 1. The monoisotopic (exact) mass is 515 g/mol. The summed E-state index contributed by atoms with van der Waals surface area (Å²) in [4.78, 5) is 41.4. The minimum absolute atomic E-state index is 0.0430. The molecule has 2 heterocycles. The molecule has 192 valence electrons. The second-order valence-electron chi connectivity index (χ2n) is 9.70. The second-order valence-corrected chi connectivity index (χ2v) is 10.1. The van der Waals surface area contributed by atoms with E-state index >= 15 is 0 Å². The van der Waals surface area contributed by atoms with Crippen LogP contribution in [-0.2, 0) is 9.59 Å². The number of carboxylic acid groups (broad SMARTS) is 1. The Morgan fingerprint density at radius 3 is 2.26 bits per heavy atom. The van der Waals surface area contributed by atoms with Crippen molar-refractivity contribution in [3.63, 3.8) is 0 Å². The predicted molar refractivity (Wildman–Crippen MR) is 122 cm³/mol. The van der Waals surface area contributed by atoms with E-state index in [1.54, 1.807) is 31.2 Å². The van der Waals surface area contributed by atoms with Crippen molar-refractivity contribution in [3.05, 3.63) is 34.9 Å². The molecule has 0 aromatic heterocycles. The highest BCUT2D eigenvalue weighted by Crippen LogP contribution is 2.58. The molecule has 3 fully saturated rings. The van der Waals surface area contributed by atoms with Crippen LogP contribution in [0.1, 0.15) is 44.1 Å². The Hall–Kier alpha value is -2.33. The number of amides is 2. The van der Waals surface area contributed by atoms with Crippen LogP contribution in [0.5, 0.6) is 0 Å². The van der Waals surface area contributed by atoms with E-state index in [1.807, 2.05) is 0 Å². The quantitative estimate of drug-likeness (QED) is 0.599. The van der Waals surface area contributed by atoms with Crippen molar-refractivity contribution in [1.82, 2.24) is 15.1 Å². The van der Waals surface area contributed by atoms with Crippen LogP contribution in [0.15, 0.2) is 24.3 Å². The fourth-order valence-electron chi connectivity index (χ4n) is 5.80. The zero-order chi connectivity index (χ0) is 25.6. The summed E-state index contributed by atoms with van der Waals surface area (Å²) in [5, 5.41) is 13.7. The minimum atomic E-state index is -4.58. The molecule has 0 unspecified atom stereocenters. The maximum atomic E-state index is 14.1. The van der Waals surface area contributed by atoms with Gasteiger partial charge in [-0.2, -0.15) is 13.2 Å². The van der Waals surface area contributed by atoms with Crippen LogP contribution in [0, 0.1) is 11.3 Å². The van der Waals surface area contributed by atoms with E-state index in [4.69, 9.17) is 11.6 Å². The number of benzene rings is 1. The first-order valence-electron chi connectivity index (χ1n) is 11.8. The molecule has 11 heteroatoms. The van der Waals surface area contributed by atoms with Gasteiger partial charge in [0.25, 0.3) is 0 Å². The van der Waals surface area contributed by atoms with E-state index in [0.29, 0.717) is 11.6 Å². The molecule has 1 aromatic rings. The first-order valence-corrected chi connectivity index (χ1v) is 12.2. The van der Waals surface area contributed by atoms with Crippen LogP contribution in [-0.4, -0.2) is 77.1 Å². The lowest BCUT2D eigenvalue weighted by atomic mass is 9.71. The number of halogens is 4. The van der Waals surface area contributed by atoms with E-state index in [9.17, 15) is 32.7 Å². The molecule has 1 saturated carbocycles. The van der Waals surface area contributed by atoms with Gasteiger partial charge < -0.3 is 15.3 Å². The van der Waals surface area contributed by atoms with Crippen molar-refractivity contribution in [3.8, 4) is 0 Å². The lowest BCUT2D eigenvalue weighted by Crippen LogP contribution is -2.63. The summed E-state index contributed by atoms with van der Waals surface area (Å²) in [6.07, 6.45) is -5.79. The van der Waals surface area contributed by atoms with Crippen LogP contribution in [0.4, 0.5) is 18.0 Å². The third-order valence-electron chi connectivity index (χ3n) is 7.90. The molecule has 35 heavy (non-hydrogen) atoms. The Kier molecular flexibility index (Phi) is 6.83. The van der Waals surface area contributed by atoms with Gasteiger partial charge in [-0.25, -0.2) is 4.79 Å². The number of carbonyl (C=O) groups is 3. The van der Waals surface area contributed by atoms with Gasteiger partial charge in [0.15, 0.2) is 5.78 Å². The van der Waals surface area contributed by atoms with Gasteiger partial charge in [0.1, 0.15) is 11.0 Å². The van der Waals surface area contributed by atoms with Crippen LogP contribution < -0.4 is 5.32 Å². The van der Waals surface area contributed by atoms with E-state index in [2.05, 4.69) is 5.32 Å². The van der Waals surface area contributed by atoms with Gasteiger partial charge in [0, 0.05) is 49.6 Å². The summed E-state index contributed by atoms with van der Waals surface area (Å²) in [6.45, 7) is 2.38. The number of hydrogen-bond acceptors (Lipinski definition) is 4. The number of carbonyl (C=O) groups excluding carboxylic acids is 2. The first kappa shape index (κ1) is 25.8. The Morgan fingerprint density at radius 1 is 1.17 bits per heavy atom. The number of nitrogens with one attached hydrogen (secondary N) is 1. The number of alkyl halides is 3. The molecule has 0 spiro atoms. The van der Waals surface area contributed by atoms with E-state index in [1.165, 1.54) is 9.80 Å². The normalized spacial score (nSPS) is 26.4. The van der Waals surface area contributed by atoms with Crippen molar-refractivity contribution in [2.75, 3.05) is 32.7 Å². The standard InChI is InChI=1S/C24H29ClF3N3O4/c1-2-31(21(34)35)23(14-29-13-18(23)15-3-5-17(25)6-4-15)19(32)16-7-11-30(12-8-16)20(33)22(9-10-22)24(26,27)28/h3-6,16,18,29H,2,7-14H2,1H3,(H,34,35)/t18-,23+/m0/s1. The average molecular weight is 516 g/mol. The molecule has 2 atom stereocenters. The Morgan fingerprint density at radius 2 is 1.77 bits per heavy atom. The van der Waals surface area contributed by atoms with Crippen molar-refractivity contribution < 1.29 is 32.7 Å². The lowest BCUT2D eigenvalue weighted by Gasteiger charge is -2.45. The smallest absolute Gasteiger partial charge is 0.408 e. The molecule has 1 aromatic carbocycles. The highest BCUT2D eigenvalue weighted by molar-refractivity contribution is 6.30. The third kappa shape index (κ3) is 4.28. The third-order valence-corrected chi connectivity index (χ3v) is 8.15. The molecule has 4 rings (SSSR count). The van der Waals surface area contributed by atoms with Gasteiger partial charge in [-0.05, 0) is 50.3 Å². The molecule has 2 amide bonds. The molecule has 3 aliphatic rings. The minimum Gasteiger partial charge on any atom is -0.465 e. The molecule has 2 saturated heterocycles. The van der Waals surface area contributed by atoms with Gasteiger partial charge >= 0.3 is 12.3 Å². The molecule has 0 radical (unpaired) electrons. The molecule has 0 bridgehead atoms. The maximum Gasteiger partial charge on any atom is 0.408 e. The second kappa shape index (κ2) is 9.28. The van der Waals surface area contributed by atoms with Gasteiger partial charge in [-0.3, -0.25) is 14.5 Å². The van der Waals surface area contributed by atoms with Crippen molar-refractivity contribution in [1.29, 1.82) is 0 Å². The predicted octanol–water partition coefficient (Wildman–Crippen LogP) is 3.92. The Bertz CT molecular complexity index is 991. The fraction of sp³-hybridized carbons (Fsp3) is 0.625. The zero-order valence-corrected chi connectivity index (χ0v) is 20.2. The molecule has 2 aliphatic heterocycles. The SMILES string of the molecule is CCN(C(=O)O)[C@]1(C(=O)C2CCN(C(=O)C3(C(F)(F)F)CC3)CC2)CNC[C@H]1c1ccc(Cl)cc1. The largest absolute Gasteiger partial charge is 0.465 e. The lowest BCUT2D eigenvalue weighted by molar-refractivity contribution is -0.199. The van der Waals surface area contributed by atoms with Crippen molar-refractivity contribution in [2.24, 2.45) is 11.3 Å².